The van der Waals surface area contributed by atoms with Crippen molar-refractivity contribution in [3.05, 3.63) is 39.4 Å². The smallest absolute Gasteiger partial charge is 0.350 e. The first-order chi connectivity index (χ1) is 11.6. The van der Waals surface area contributed by atoms with Crippen molar-refractivity contribution in [1.29, 1.82) is 0 Å². The van der Waals surface area contributed by atoms with Gasteiger partial charge in [0.25, 0.3) is 0 Å². The summed E-state index contributed by atoms with van der Waals surface area (Å²) in [5, 5.41) is 22.2. The fourth-order valence-electron chi connectivity index (χ4n) is 1.96. The van der Waals surface area contributed by atoms with E-state index in [9.17, 15) is 19.8 Å². The summed E-state index contributed by atoms with van der Waals surface area (Å²) in [4.78, 5) is 27.8. The number of aromatic nitrogens is 2. The fraction of sp³-hybridized carbons (Fsp3) is 0.312. The number of ether oxygens (including phenoxy) is 1. The molecule has 1 aromatic heterocycles. The number of rotatable bonds is 4. The van der Waals surface area contributed by atoms with Crippen LogP contribution in [-0.2, 0) is 16.1 Å². The summed E-state index contributed by atoms with van der Waals surface area (Å²) in [5.74, 6) is -0.886. The first-order valence-corrected chi connectivity index (χ1v) is 8.13. The summed E-state index contributed by atoms with van der Waals surface area (Å²) in [6.45, 7) is 4.90. The lowest BCUT2D eigenvalue weighted by molar-refractivity contribution is -0.155. The summed E-state index contributed by atoms with van der Waals surface area (Å²) in [6, 6.07) is 4.22. The Bertz CT molecular complexity index is 838. The normalized spacial score (nSPS) is 11.2. The molecular weight excluding hydrogens is 394 g/mol. The molecule has 0 bridgehead atoms. The zero-order valence-electron chi connectivity index (χ0n) is 13.9. The van der Waals surface area contributed by atoms with Gasteiger partial charge in [-0.2, -0.15) is 4.98 Å². The molecule has 0 unspecified atom stereocenters. The highest BCUT2D eigenvalue weighted by atomic mass is 79.9. The van der Waals surface area contributed by atoms with Gasteiger partial charge in [-0.3, -0.25) is 9.36 Å². The summed E-state index contributed by atoms with van der Waals surface area (Å²) >= 11 is 3.24. The summed E-state index contributed by atoms with van der Waals surface area (Å²) in [7, 11) is 0. The van der Waals surface area contributed by atoms with Crippen LogP contribution < -0.4 is 11.0 Å². The number of carbonyl (C=O) groups excluding carboxylic acids is 1. The number of carbonyl (C=O) groups is 1. The first-order valence-electron chi connectivity index (χ1n) is 7.33. The van der Waals surface area contributed by atoms with E-state index in [-0.39, 0.29) is 29.5 Å². The van der Waals surface area contributed by atoms with Crippen molar-refractivity contribution >= 4 is 33.4 Å². The van der Waals surface area contributed by atoms with Crippen LogP contribution in [0.25, 0.3) is 0 Å². The average Bonchev–Trinajstić information content (AvgIpc) is 2.45. The van der Waals surface area contributed by atoms with Crippen LogP contribution in [0.5, 0.6) is 11.5 Å². The Labute approximate surface area is 152 Å². The van der Waals surface area contributed by atoms with Crippen LogP contribution in [0, 0.1) is 0 Å². The second kappa shape index (κ2) is 7.14. The molecule has 134 valence electrons. The van der Waals surface area contributed by atoms with E-state index < -0.39 is 17.3 Å². The molecule has 3 N–H and O–H groups in total. The van der Waals surface area contributed by atoms with Crippen molar-refractivity contribution in [1.82, 2.24) is 9.55 Å². The Balaban J connectivity index is 2.26. The molecule has 25 heavy (non-hydrogen) atoms. The topological polar surface area (TPSA) is 114 Å². The molecule has 0 aliphatic carbocycles. The van der Waals surface area contributed by atoms with Gasteiger partial charge in [-0.15, -0.1) is 0 Å². The Kier molecular flexibility index (Phi) is 5.36. The summed E-state index contributed by atoms with van der Waals surface area (Å²) < 4.78 is 6.62. The standard InChI is InChI=1S/C16H18BrN3O5/c1-16(2,3)25-12(23)8-20-7-9(17)14(19-15(20)24)18-13-10(21)5-4-6-11(13)22/h4-7,21-22H,8H2,1-3H3,(H,18,19,24). The van der Waals surface area contributed by atoms with Gasteiger partial charge in [-0.1, -0.05) is 6.07 Å². The predicted molar refractivity (Wildman–Crippen MR) is 95.1 cm³/mol. The molecule has 8 nitrogen and oxygen atoms in total. The van der Waals surface area contributed by atoms with E-state index in [1.807, 2.05) is 0 Å². The molecule has 0 atom stereocenters. The van der Waals surface area contributed by atoms with Crippen molar-refractivity contribution < 1.29 is 19.7 Å². The molecule has 0 spiro atoms. The largest absolute Gasteiger partial charge is 0.506 e. The molecule has 0 saturated heterocycles. The molecule has 0 saturated carbocycles. The maximum atomic E-state index is 12.1. The van der Waals surface area contributed by atoms with Gasteiger partial charge in [-0.05, 0) is 48.8 Å². The van der Waals surface area contributed by atoms with Crippen molar-refractivity contribution in [2.45, 2.75) is 32.9 Å². The molecule has 0 fully saturated rings. The van der Waals surface area contributed by atoms with Crippen LogP contribution in [0.1, 0.15) is 20.8 Å². The maximum absolute atomic E-state index is 12.1. The van der Waals surface area contributed by atoms with Gasteiger partial charge in [0.05, 0.1) is 4.47 Å². The number of nitrogens with zero attached hydrogens (tertiary/aromatic N) is 2. The molecule has 1 heterocycles. The third kappa shape index (κ3) is 4.96. The minimum Gasteiger partial charge on any atom is -0.506 e. The molecular formula is C16H18BrN3O5. The van der Waals surface area contributed by atoms with E-state index in [0.717, 1.165) is 4.57 Å². The van der Waals surface area contributed by atoms with E-state index in [4.69, 9.17) is 4.74 Å². The Hall–Kier alpha value is -2.55. The molecule has 1 aromatic carbocycles. The highest BCUT2D eigenvalue weighted by molar-refractivity contribution is 9.10. The van der Waals surface area contributed by atoms with Crippen LogP contribution >= 0.6 is 15.9 Å². The predicted octanol–water partition coefficient (Wildman–Crippen LogP) is 2.50. The van der Waals surface area contributed by atoms with Crippen molar-refractivity contribution in [3.63, 3.8) is 0 Å². The molecule has 2 aromatic rings. The zero-order valence-corrected chi connectivity index (χ0v) is 15.5. The average molecular weight is 412 g/mol. The van der Waals surface area contributed by atoms with E-state index in [1.165, 1.54) is 24.4 Å². The summed E-state index contributed by atoms with van der Waals surface area (Å²) in [5.41, 5.74) is -1.33. The zero-order chi connectivity index (χ0) is 18.8. The molecule has 9 heteroatoms. The van der Waals surface area contributed by atoms with E-state index >= 15 is 0 Å². The lowest BCUT2D eigenvalue weighted by atomic mass is 10.2. The number of esters is 1. The van der Waals surface area contributed by atoms with Gasteiger partial charge in [-0.25, -0.2) is 4.79 Å². The lowest BCUT2D eigenvalue weighted by Gasteiger charge is -2.19. The number of para-hydroxylation sites is 1. The Morgan fingerprint density at radius 3 is 2.48 bits per heavy atom. The lowest BCUT2D eigenvalue weighted by Crippen LogP contribution is -2.31. The van der Waals surface area contributed by atoms with Crippen LogP contribution in [0.15, 0.2) is 33.7 Å². The number of aromatic hydroxyl groups is 2. The number of halogens is 1. The number of nitrogens with one attached hydrogen (secondary N) is 1. The number of hydrogen-bond donors (Lipinski definition) is 3. The third-order valence-corrected chi connectivity index (χ3v) is 3.51. The number of benzene rings is 1. The molecule has 0 aliphatic rings. The van der Waals surface area contributed by atoms with Gasteiger partial charge in [0, 0.05) is 6.20 Å². The SMILES string of the molecule is CC(C)(C)OC(=O)Cn1cc(Br)c(Nc2c(O)cccc2O)nc1=O. The summed E-state index contributed by atoms with van der Waals surface area (Å²) in [6.07, 6.45) is 1.37. The van der Waals surface area contributed by atoms with Gasteiger partial charge >= 0.3 is 11.7 Å². The number of phenols is 2. The van der Waals surface area contributed by atoms with Crippen molar-refractivity contribution in [3.8, 4) is 11.5 Å². The van der Waals surface area contributed by atoms with Crippen LogP contribution in [0.4, 0.5) is 11.5 Å². The second-order valence-corrected chi connectivity index (χ2v) is 7.08. The highest BCUT2D eigenvalue weighted by Crippen LogP contribution is 2.35. The van der Waals surface area contributed by atoms with Gasteiger partial charge in [0.2, 0.25) is 0 Å². The van der Waals surface area contributed by atoms with Crippen LogP contribution in [-0.4, -0.2) is 31.3 Å². The van der Waals surface area contributed by atoms with Gasteiger partial charge in [0.1, 0.15) is 29.3 Å². The minimum absolute atomic E-state index is 0.0139. The minimum atomic E-state index is -0.688. The molecule has 0 radical (unpaired) electrons. The van der Waals surface area contributed by atoms with Gasteiger partial charge < -0.3 is 20.3 Å². The number of phenolic OH excluding ortho intramolecular Hbond substituents is 2. The molecule has 2 rings (SSSR count). The maximum Gasteiger partial charge on any atom is 0.350 e. The Morgan fingerprint density at radius 2 is 1.92 bits per heavy atom. The quantitative estimate of drug-likeness (QED) is 0.522. The first kappa shape index (κ1) is 18.8. The second-order valence-electron chi connectivity index (χ2n) is 6.23. The number of anilines is 2. The van der Waals surface area contributed by atoms with Crippen molar-refractivity contribution in [2.75, 3.05) is 5.32 Å². The van der Waals surface area contributed by atoms with E-state index in [0.29, 0.717) is 4.47 Å². The fourth-order valence-corrected chi connectivity index (χ4v) is 2.39. The van der Waals surface area contributed by atoms with Gasteiger partial charge in [0.15, 0.2) is 5.82 Å². The molecule has 0 amide bonds. The monoisotopic (exact) mass is 411 g/mol. The Morgan fingerprint density at radius 1 is 1.32 bits per heavy atom. The number of hydrogen-bond acceptors (Lipinski definition) is 7. The van der Waals surface area contributed by atoms with Crippen LogP contribution in [0.3, 0.4) is 0 Å². The third-order valence-electron chi connectivity index (χ3n) is 2.93. The molecule has 0 aliphatic heterocycles. The highest BCUT2D eigenvalue weighted by Gasteiger charge is 2.18. The van der Waals surface area contributed by atoms with Crippen molar-refractivity contribution in [2.24, 2.45) is 0 Å². The van der Waals surface area contributed by atoms with Crippen LogP contribution in [0.2, 0.25) is 0 Å². The van der Waals surface area contributed by atoms with E-state index in [1.54, 1.807) is 20.8 Å². The van der Waals surface area contributed by atoms with E-state index in [2.05, 4.69) is 26.2 Å².